The van der Waals surface area contributed by atoms with Crippen molar-refractivity contribution in [3.63, 3.8) is 0 Å². The smallest absolute Gasteiger partial charge is 0.255 e. The van der Waals surface area contributed by atoms with Gasteiger partial charge in [-0.05, 0) is 62.7 Å². The van der Waals surface area contributed by atoms with Gasteiger partial charge < -0.3 is 10.6 Å². The molecule has 3 aromatic carbocycles. The van der Waals surface area contributed by atoms with Crippen molar-refractivity contribution in [2.24, 2.45) is 0 Å². The molecule has 4 nitrogen and oxygen atoms in total. The van der Waals surface area contributed by atoms with Gasteiger partial charge in [0.25, 0.3) is 11.8 Å². The third-order valence-corrected chi connectivity index (χ3v) is 4.39. The predicted octanol–water partition coefficient (Wildman–Crippen LogP) is 5.12. The van der Waals surface area contributed by atoms with E-state index in [0.29, 0.717) is 22.5 Å². The molecule has 3 rings (SSSR count). The van der Waals surface area contributed by atoms with Gasteiger partial charge in [0.1, 0.15) is 0 Å². The van der Waals surface area contributed by atoms with E-state index in [-0.39, 0.29) is 11.8 Å². The Morgan fingerprint density at radius 3 is 1.44 bits per heavy atom. The third kappa shape index (κ3) is 4.42. The number of hydrogen-bond acceptors (Lipinski definition) is 2. The normalized spacial score (nSPS) is 10.3. The first-order valence-electron chi connectivity index (χ1n) is 8.79. The average molecular weight is 358 g/mol. The molecule has 0 aliphatic heterocycles. The average Bonchev–Trinajstić information content (AvgIpc) is 2.65. The van der Waals surface area contributed by atoms with E-state index in [2.05, 4.69) is 10.6 Å². The lowest BCUT2D eigenvalue weighted by atomic mass is 10.1. The van der Waals surface area contributed by atoms with Gasteiger partial charge in [-0.25, -0.2) is 0 Å². The summed E-state index contributed by atoms with van der Waals surface area (Å²) < 4.78 is 0. The molecule has 0 heterocycles. The highest BCUT2D eigenvalue weighted by atomic mass is 16.2. The summed E-state index contributed by atoms with van der Waals surface area (Å²) in [6.07, 6.45) is 0. The van der Waals surface area contributed by atoms with E-state index in [1.165, 1.54) is 0 Å². The van der Waals surface area contributed by atoms with Gasteiger partial charge >= 0.3 is 0 Å². The standard InChI is InChI=1S/C23H22N2O2/c1-15-7-4-9-18(13-15)22(26)24-20-11-6-12-21(17(20)3)25-23(27)19-10-5-8-16(2)14-19/h4-14H,1-3H3,(H,24,26)(H,25,27). The van der Waals surface area contributed by atoms with E-state index in [0.717, 1.165) is 16.7 Å². The van der Waals surface area contributed by atoms with Crippen molar-refractivity contribution < 1.29 is 9.59 Å². The quantitative estimate of drug-likeness (QED) is 0.680. The lowest BCUT2D eigenvalue weighted by Crippen LogP contribution is -2.16. The molecule has 0 atom stereocenters. The highest BCUT2D eigenvalue weighted by Gasteiger charge is 2.12. The molecule has 27 heavy (non-hydrogen) atoms. The molecule has 4 heteroatoms. The molecule has 0 aliphatic carbocycles. The molecule has 136 valence electrons. The van der Waals surface area contributed by atoms with Crippen LogP contribution in [-0.4, -0.2) is 11.8 Å². The Balaban J connectivity index is 1.79. The lowest BCUT2D eigenvalue weighted by molar-refractivity contribution is 0.101. The number of anilines is 2. The first-order valence-corrected chi connectivity index (χ1v) is 8.79. The first kappa shape index (κ1) is 18.4. The molecular weight excluding hydrogens is 336 g/mol. The van der Waals surface area contributed by atoms with E-state index in [9.17, 15) is 9.59 Å². The monoisotopic (exact) mass is 358 g/mol. The first-order chi connectivity index (χ1) is 12.9. The third-order valence-electron chi connectivity index (χ3n) is 4.39. The van der Waals surface area contributed by atoms with Crippen LogP contribution >= 0.6 is 0 Å². The number of hydrogen-bond donors (Lipinski definition) is 2. The molecule has 2 amide bonds. The summed E-state index contributed by atoms with van der Waals surface area (Å²) >= 11 is 0. The SMILES string of the molecule is Cc1cccc(C(=O)Nc2cccc(NC(=O)c3cccc(C)c3)c2C)c1. The van der Waals surface area contributed by atoms with Crippen LogP contribution < -0.4 is 10.6 Å². The maximum absolute atomic E-state index is 12.5. The van der Waals surface area contributed by atoms with Gasteiger partial charge in [-0.1, -0.05) is 41.5 Å². The minimum Gasteiger partial charge on any atom is -0.322 e. The Morgan fingerprint density at radius 1 is 0.630 bits per heavy atom. The number of carbonyl (C=O) groups is 2. The summed E-state index contributed by atoms with van der Waals surface area (Å²) in [6.45, 7) is 5.77. The van der Waals surface area contributed by atoms with Gasteiger partial charge in [-0.3, -0.25) is 9.59 Å². The van der Waals surface area contributed by atoms with E-state index in [1.54, 1.807) is 12.1 Å². The zero-order valence-corrected chi connectivity index (χ0v) is 15.7. The minimum absolute atomic E-state index is 0.177. The molecule has 0 unspecified atom stereocenters. The van der Waals surface area contributed by atoms with Crippen LogP contribution in [0.1, 0.15) is 37.4 Å². The molecule has 0 aromatic heterocycles. The van der Waals surface area contributed by atoms with Crippen molar-refractivity contribution in [3.05, 3.63) is 94.5 Å². The summed E-state index contributed by atoms with van der Waals surface area (Å²) in [5, 5.41) is 5.85. The zero-order valence-electron chi connectivity index (χ0n) is 15.7. The number of benzene rings is 3. The highest BCUT2D eigenvalue weighted by Crippen LogP contribution is 2.24. The van der Waals surface area contributed by atoms with Gasteiger partial charge in [0.2, 0.25) is 0 Å². The molecule has 0 bridgehead atoms. The molecular formula is C23H22N2O2. The molecule has 0 radical (unpaired) electrons. The van der Waals surface area contributed by atoms with E-state index in [1.807, 2.05) is 75.4 Å². The van der Waals surface area contributed by atoms with Crippen LogP contribution in [0.15, 0.2) is 66.7 Å². The van der Waals surface area contributed by atoms with Crippen LogP contribution in [0.3, 0.4) is 0 Å². The molecule has 2 N–H and O–H groups in total. The van der Waals surface area contributed by atoms with Crippen molar-refractivity contribution in [1.82, 2.24) is 0 Å². The molecule has 0 saturated heterocycles. The predicted molar refractivity (Wildman–Crippen MR) is 109 cm³/mol. The van der Waals surface area contributed by atoms with Crippen molar-refractivity contribution in [2.45, 2.75) is 20.8 Å². The van der Waals surface area contributed by atoms with Crippen LogP contribution in [0.2, 0.25) is 0 Å². The maximum atomic E-state index is 12.5. The number of amides is 2. The number of carbonyl (C=O) groups excluding carboxylic acids is 2. The summed E-state index contributed by atoms with van der Waals surface area (Å²) in [7, 11) is 0. The van der Waals surface area contributed by atoms with E-state index in [4.69, 9.17) is 0 Å². The summed E-state index contributed by atoms with van der Waals surface area (Å²) in [5.74, 6) is -0.354. The molecule has 0 aliphatic rings. The fourth-order valence-corrected chi connectivity index (χ4v) is 2.87. The minimum atomic E-state index is -0.177. The topological polar surface area (TPSA) is 58.2 Å². The van der Waals surface area contributed by atoms with Gasteiger partial charge in [-0.15, -0.1) is 0 Å². The Kier molecular flexibility index (Phi) is 5.36. The van der Waals surface area contributed by atoms with Crippen molar-refractivity contribution in [1.29, 1.82) is 0 Å². The van der Waals surface area contributed by atoms with E-state index >= 15 is 0 Å². The largest absolute Gasteiger partial charge is 0.322 e. The number of rotatable bonds is 4. The van der Waals surface area contributed by atoms with Crippen molar-refractivity contribution in [2.75, 3.05) is 10.6 Å². The molecule has 0 fully saturated rings. The maximum Gasteiger partial charge on any atom is 0.255 e. The summed E-state index contributed by atoms with van der Waals surface area (Å²) in [6, 6.07) is 20.3. The fourth-order valence-electron chi connectivity index (χ4n) is 2.87. The van der Waals surface area contributed by atoms with Crippen LogP contribution in [0, 0.1) is 20.8 Å². The Morgan fingerprint density at radius 2 is 1.04 bits per heavy atom. The summed E-state index contributed by atoms with van der Waals surface area (Å²) in [4.78, 5) is 25.0. The van der Waals surface area contributed by atoms with Crippen LogP contribution in [0.25, 0.3) is 0 Å². The number of aryl methyl sites for hydroxylation is 2. The Bertz CT molecular complexity index is 931. The lowest BCUT2D eigenvalue weighted by Gasteiger charge is -2.14. The van der Waals surface area contributed by atoms with Crippen molar-refractivity contribution >= 4 is 23.2 Å². The van der Waals surface area contributed by atoms with Crippen molar-refractivity contribution in [3.8, 4) is 0 Å². The molecule has 0 saturated carbocycles. The second-order valence-corrected chi connectivity index (χ2v) is 6.63. The Labute approximate surface area is 159 Å². The molecule has 0 spiro atoms. The molecule has 3 aromatic rings. The fraction of sp³-hybridized carbons (Fsp3) is 0.130. The highest BCUT2D eigenvalue weighted by molar-refractivity contribution is 6.07. The van der Waals surface area contributed by atoms with Crippen LogP contribution in [-0.2, 0) is 0 Å². The second kappa shape index (κ2) is 7.87. The van der Waals surface area contributed by atoms with Crippen LogP contribution in [0.4, 0.5) is 11.4 Å². The Hall–Kier alpha value is -3.40. The van der Waals surface area contributed by atoms with E-state index < -0.39 is 0 Å². The number of nitrogens with one attached hydrogen (secondary N) is 2. The summed E-state index contributed by atoms with van der Waals surface area (Å²) in [5.41, 5.74) is 5.40. The van der Waals surface area contributed by atoms with Gasteiger partial charge in [0, 0.05) is 22.5 Å². The van der Waals surface area contributed by atoms with Gasteiger partial charge in [-0.2, -0.15) is 0 Å². The zero-order chi connectivity index (χ0) is 19.4. The van der Waals surface area contributed by atoms with Gasteiger partial charge in [0.05, 0.1) is 0 Å². The second-order valence-electron chi connectivity index (χ2n) is 6.63. The van der Waals surface area contributed by atoms with Crippen LogP contribution in [0.5, 0.6) is 0 Å². The van der Waals surface area contributed by atoms with Gasteiger partial charge in [0.15, 0.2) is 0 Å².